The molecule has 1 rings (SSSR count). The molecular weight excluding hydrogens is 212 g/mol. The second-order valence-corrected chi connectivity index (χ2v) is 4.55. The lowest BCUT2D eigenvalue weighted by Crippen LogP contribution is -2.47. The van der Waals surface area contributed by atoms with E-state index in [1.807, 2.05) is 11.8 Å². The van der Waals surface area contributed by atoms with Crippen molar-refractivity contribution in [3.63, 3.8) is 0 Å². The van der Waals surface area contributed by atoms with Crippen LogP contribution in [0.4, 0.5) is 0 Å². The number of hydrogen-bond acceptors (Lipinski definition) is 5. The van der Waals surface area contributed by atoms with E-state index in [1.165, 1.54) is 13.1 Å². The van der Waals surface area contributed by atoms with E-state index in [2.05, 4.69) is 16.1 Å². The van der Waals surface area contributed by atoms with E-state index < -0.39 is 0 Å². The van der Waals surface area contributed by atoms with Gasteiger partial charge in [0.25, 0.3) is 0 Å². The standard InChI is InChI=1S/C10H22N2O2S/c1-15-10-12-4-2-11(3-5-12)6-8-14-9-7-13/h13H,2-10H2,1H3. The van der Waals surface area contributed by atoms with Crippen LogP contribution in [-0.2, 0) is 4.74 Å². The lowest BCUT2D eigenvalue weighted by Gasteiger charge is -2.34. The average molecular weight is 234 g/mol. The quantitative estimate of drug-likeness (QED) is 0.624. The van der Waals surface area contributed by atoms with Gasteiger partial charge < -0.3 is 9.84 Å². The van der Waals surface area contributed by atoms with E-state index in [-0.39, 0.29) is 6.61 Å². The molecule has 4 nitrogen and oxygen atoms in total. The van der Waals surface area contributed by atoms with Gasteiger partial charge >= 0.3 is 0 Å². The Morgan fingerprint density at radius 3 is 2.40 bits per heavy atom. The fourth-order valence-corrected chi connectivity index (χ4v) is 2.31. The summed E-state index contributed by atoms with van der Waals surface area (Å²) < 4.78 is 5.25. The molecule has 5 heteroatoms. The second-order valence-electron chi connectivity index (χ2n) is 3.71. The van der Waals surface area contributed by atoms with Crippen LogP contribution in [0.3, 0.4) is 0 Å². The van der Waals surface area contributed by atoms with Gasteiger partial charge in [-0.25, -0.2) is 0 Å². The highest BCUT2D eigenvalue weighted by molar-refractivity contribution is 7.98. The van der Waals surface area contributed by atoms with Gasteiger partial charge in [-0.15, -0.1) is 11.8 Å². The molecular formula is C10H22N2O2S. The average Bonchev–Trinajstić information content (AvgIpc) is 2.27. The zero-order valence-electron chi connectivity index (χ0n) is 9.52. The summed E-state index contributed by atoms with van der Waals surface area (Å²) in [6.45, 7) is 6.94. The second kappa shape index (κ2) is 8.35. The molecule has 1 N–H and O–H groups in total. The lowest BCUT2D eigenvalue weighted by molar-refractivity contribution is 0.0605. The third-order valence-corrected chi connectivity index (χ3v) is 3.19. The van der Waals surface area contributed by atoms with Gasteiger partial charge in [0.15, 0.2) is 0 Å². The highest BCUT2D eigenvalue weighted by Crippen LogP contribution is 2.05. The minimum absolute atomic E-state index is 0.126. The number of aliphatic hydroxyl groups excluding tert-OH is 1. The molecule has 1 fully saturated rings. The van der Waals surface area contributed by atoms with Crippen LogP contribution in [0.15, 0.2) is 0 Å². The highest BCUT2D eigenvalue weighted by atomic mass is 32.2. The van der Waals surface area contributed by atoms with Crippen molar-refractivity contribution in [3.05, 3.63) is 0 Å². The molecule has 1 saturated heterocycles. The summed E-state index contributed by atoms with van der Waals surface area (Å²) >= 11 is 1.89. The van der Waals surface area contributed by atoms with Crippen molar-refractivity contribution in [2.75, 3.05) is 64.7 Å². The number of rotatable bonds is 7. The molecule has 0 atom stereocenters. The third kappa shape index (κ3) is 5.73. The molecule has 1 aliphatic rings. The van der Waals surface area contributed by atoms with Crippen molar-refractivity contribution in [1.29, 1.82) is 0 Å². The highest BCUT2D eigenvalue weighted by Gasteiger charge is 2.15. The fourth-order valence-electron chi connectivity index (χ4n) is 1.68. The van der Waals surface area contributed by atoms with Crippen molar-refractivity contribution < 1.29 is 9.84 Å². The van der Waals surface area contributed by atoms with Crippen LogP contribution in [0.2, 0.25) is 0 Å². The van der Waals surface area contributed by atoms with Crippen LogP contribution in [0, 0.1) is 0 Å². The summed E-state index contributed by atoms with van der Waals surface area (Å²) in [6.07, 6.45) is 2.15. The van der Waals surface area contributed by atoms with E-state index in [1.54, 1.807) is 0 Å². The first kappa shape index (κ1) is 13.3. The zero-order valence-corrected chi connectivity index (χ0v) is 10.3. The molecule has 0 bridgehead atoms. The number of piperazine rings is 1. The normalized spacial score (nSPS) is 19.6. The number of ether oxygens (including phenoxy) is 1. The van der Waals surface area contributed by atoms with Crippen molar-refractivity contribution >= 4 is 11.8 Å². The Hall–Kier alpha value is 0.190. The maximum Gasteiger partial charge on any atom is 0.0698 e. The minimum Gasteiger partial charge on any atom is -0.394 e. The van der Waals surface area contributed by atoms with Gasteiger partial charge in [0.05, 0.1) is 19.8 Å². The van der Waals surface area contributed by atoms with Gasteiger partial charge in [-0.05, 0) is 6.26 Å². The van der Waals surface area contributed by atoms with Crippen LogP contribution in [-0.4, -0.2) is 79.6 Å². The molecule has 0 aromatic heterocycles. The van der Waals surface area contributed by atoms with Crippen LogP contribution in [0.5, 0.6) is 0 Å². The van der Waals surface area contributed by atoms with E-state index in [9.17, 15) is 0 Å². The molecule has 0 unspecified atom stereocenters. The largest absolute Gasteiger partial charge is 0.394 e. The van der Waals surface area contributed by atoms with Gasteiger partial charge in [-0.2, -0.15) is 0 Å². The summed E-state index contributed by atoms with van der Waals surface area (Å²) in [5.74, 6) is 1.15. The summed E-state index contributed by atoms with van der Waals surface area (Å²) in [4.78, 5) is 4.91. The van der Waals surface area contributed by atoms with E-state index in [0.717, 1.165) is 32.1 Å². The number of nitrogens with zero attached hydrogens (tertiary/aromatic N) is 2. The first-order chi connectivity index (χ1) is 7.36. The molecule has 1 aliphatic heterocycles. The maximum atomic E-state index is 8.55. The summed E-state index contributed by atoms with van der Waals surface area (Å²) in [5.41, 5.74) is 0. The molecule has 15 heavy (non-hydrogen) atoms. The molecule has 0 radical (unpaired) electrons. The van der Waals surface area contributed by atoms with Gasteiger partial charge in [0.2, 0.25) is 0 Å². The van der Waals surface area contributed by atoms with Crippen LogP contribution < -0.4 is 0 Å². The third-order valence-electron chi connectivity index (χ3n) is 2.56. The minimum atomic E-state index is 0.126. The Labute approximate surface area is 96.6 Å². The molecule has 0 aliphatic carbocycles. The first-order valence-corrected chi connectivity index (χ1v) is 6.88. The molecule has 0 aromatic carbocycles. The van der Waals surface area contributed by atoms with Crippen LogP contribution >= 0.6 is 11.8 Å². The smallest absolute Gasteiger partial charge is 0.0698 e. The molecule has 0 saturated carbocycles. The fraction of sp³-hybridized carbons (Fsp3) is 1.00. The predicted octanol–water partition coefficient (Wildman–Crippen LogP) is -0.0666. The van der Waals surface area contributed by atoms with Gasteiger partial charge in [0.1, 0.15) is 0 Å². The number of hydrogen-bond donors (Lipinski definition) is 1. The lowest BCUT2D eigenvalue weighted by atomic mass is 10.3. The molecule has 0 spiro atoms. The first-order valence-electron chi connectivity index (χ1n) is 5.49. The summed E-state index contributed by atoms with van der Waals surface area (Å²) in [5, 5.41) is 8.55. The van der Waals surface area contributed by atoms with Gasteiger partial charge in [-0.3, -0.25) is 9.80 Å². The van der Waals surface area contributed by atoms with Crippen molar-refractivity contribution in [2.24, 2.45) is 0 Å². The van der Waals surface area contributed by atoms with Gasteiger partial charge in [-0.1, -0.05) is 0 Å². The Balaban J connectivity index is 1.99. The van der Waals surface area contributed by atoms with Crippen molar-refractivity contribution in [3.8, 4) is 0 Å². The van der Waals surface area contributed by atoms with Gasteiger partial charge in [0, 0.05) is 38.6 Å². The Kier molecular flexibility index (Phi) is 7.38. The summed E-state index contributed by atoms with van der Waals surface area (Å²) in [7, 11) is 0. The number of thioether (sulfide) groups is 1. The SMILES string of the molecule is CSCN1CCN(CCOCCO)CC1. The van der Waals surface area contributed by atoms with Crippen molar-refractivity contribution in [2.45, 2.75) is 0 Å². The Bertz CT molecular complexity index is 150. The number of aliphatic hydroxyl groups is 1. The van der Waals surface area contributed by atoms with Crippen molar-refractivity contribution in [1.82, 2.24) is 9.80 Å². The topological polar surface area (TPSA) is 35.9 Å². The van der Waals surface area contributed by atoms with Crippen LogP contribution in [0.1, 0.15) is 0 Å². The molecule has 90 valence electrons. The Morgan fingerprint density at radius 2 is 1.80 bits per heavy atom. The maximum absolute atomic E-state index is 8.55. The zero-order chi connectivity index (χ0) is 10.9. The molecule has 0 aromatic rings. The molecule has 0 amide bonds. The van der Waals surface area contributed by atoms with E-state index >= 15 is 0 Å². The van der Waals surface area contributed by atoms with E-state index in [4.69, 9.17) is 9.84 Å². The van der Waals surface area contributed by atoms with E-state index in [0.29, 0.717) is 6.61 Å². The van der Waals surface area contributed by atoms with Crippen LogP contribution in [0.25, 0.3) is 0 Å². The Morgan fingerprint density at radius 1 is 1.13 bits per heavy atom. The summed E-state index contributed by atoms with van der Waals surface area (Å²) in [6, 6.07) is 0. The molecule has 1 heterocycles. The predicted molar refractivity (Wildman–Crippen MR) is 64.3 cm³/mol. The monoisotopic (exact) mass is 234 g/mol.